The zero-order valence-electron chi connectivity index (χ0n) is 14.0. The van der Waals surface area contributed by atoms with Crippen LogP contribution in [0, 0.1) is 11.3 Å². The SMILES string of the molecule is COc1ccccc1OCC(=O)NCCSCc1ccccc1C#N. The summed E-state index contributed by atoms with van der Waals surface area (Å²) in [7, 11) is 1.56. The number of methoxy groups -OCH3 is 1. The Kier molecular flexibility index (Phi) is 7.67. The molecule has 0 bridgehead atoms. The van der Waals surface area contributed by atoms with Gasteiger partial charge in [0.05, 0.1) is 18.7 Å². The summed E-state index contributed by atoms with van der Waals surface area (Å²) in [5.74, 6) is 2.48. The summed E-state index contributed by atoms with van der Waals surface area (Å²) >= 11 is 1.67. The van der Waals surface area contributed by atoms with Gasteiger partial charge in [-0.25, -0.2) is 0 Å². The standard InChI is InChI=1S/C19H20N2O3S/c1-23-17-8-4-5-9-18(17)24-13-19(22)21-10-11-25-14-16-7-3-2-6-15(16)12-20/h2-9H,10-11,13-14H2,1H3,(H,21,22). The number of para-hydroxylation sites is 2. The fourth-order valence-electron chi connectivity index (χ4n) is 2.13. The maximum absolute atomic E-state index is 11.8. The molecule has 0 saturated carbocycles. The molecule has 1 N–H and O–H groups in total. The molecule has 0 radical (unpaired) electrons. The Hall–Kier alpha value is -2.65. The van der Waals surface area contributed by atoms with Gasteiger partial charge in [-0.1, -0.05) is 30.3 Å². The molecule has 0 aliphatic rings. The van der Waals surface area contributed by atoms with Gasteiger partial charge in [-0.05, 0) is 23.8 Å². The predicted octanol–water partition coefficient (Wildman–Crippen LogP) is 3.00. The van der Waals surface area contributed by atoms with Gasteiger partial charge in [0.2, 0.25) is 0 Å². The summed E-state index contributed by atoms with van der Waals surface area (Å²) in [6.45, 7) is 0.496. The number of nitriles is 1. The van der Waals surface area contributed by atoms with E-state index in [2.05, 4.69) is 11.4 Å². The maximum Gasteiger partial charge on any atom is 0.257 e. The van der Waals surface area contributed by atoms with Crippen LogP contribution in [-0.2, 0) is 10.5 Å². The molecule has 0 aliphatic carbocycles. The molecular weight excluding hydrogens is 336 g/mol. The van der Waals surface area contributed by atoms with Crippen LogP contribution in [0.3, 0.4) is 0 Å². The summed E-state index contributed by atoms with van der Waals surface area (Å²) < 4.78 is 10.6. The minimum Gasteiger partial charge on any atom is -0.493 e. The van der Waals surface area contributed by atoms with E-state index >= 15 is 0 Å². The van der Waals surface area contributed by atoms with Crippen LogP contribution in [0.1, 0.15) is 11.1 Å². The van der Waals surface area contributed by atoms with Crippen molar-refractivity contribution >= 4 is 17.7 Å². The van der Waals surface area contributed by atoms with E-state index in [0.29, 0.717) is 23.6 Å². The van der Waals surface area contributed by atoms with Gasteiger partial charge >= 0.3 is 0 Å². The van der Waals surface area contributed by atoms with Gasteiger partial charge in [0.25, 0.3) is 5.91 Å². The lowest BCUT2D eigenvalue weighted by Crippen LogP contribution is -2.30. The molecule has 1 amide bonds. The van der Waals surface area contributed by atoms with Crippen molar-refractivity contribution < 1.29 is 14.3 Å². The fraction of sp³-hybridized carbons (Fsp3) is 0.263. The molecule has 0 aromatic heterocycles. The zero-order chi connectivity index (χ0) is 17.9. The van der Waals surface area contributed by atoms with E-state index in [1.54, 1.807) is 31.0 Å². The van der Waals surface area contributed by atoms with E-state index in [4.69, 9.17) is 14.7 Å². The normalized spacial score (nSPS) is 9.92. The van der Waals surface area contributed by atoms with Crippen molar-refractivity contribution in [3.05, 3.63) is 59.7 Å². The highest BCUT2D eigenvalue weighted by Gasteiger charge is 2.06. The van der Waals surface area contributed by atoms with Crippen molar-refractivity contribution in [2.45, 2.75) is 5.75 Å². The van der Waals surface area contributed by atoms with E-state index < -0.39 is 0 Å². The number of rotatable bonds is 9. The van der Waals surface area contributed by atoms with E-state index in [1.807, 2.05) is 36.4 Å². The number of ether oxygens (including phenoxy) is 2. The number of nitrogens with zero attached hydrogens (tertiary/aromatic N) is 1. The molecule has 25 heavy (non-hydrogen) atoms. The number of hydrogen-bond donors (Lipinski definition) is 1. The summed E-state index contributed by atoms with van der Waals surface area (Å²) in [5.41, 5.74) is 1.71. The average Bonchev–Trinajstić information content (AvgIpc) is 2.66. The monoisotopic (exact) mass is 356 g/mol. The smallest absolute Gasteiger partial charge is 0.257 e. The first-order valence-electron chi connectivity index (χ1n) is 7.83. The molecule has 0 saturated heterocycles. The molecule has 5 nitrogen and oxygen atoms in total. The molecule has 0 unspecified atom stereocenters. The number of benzene rings is 2. The van der Waals surface area contributed by atoms with Gasteiger partial charge in [0.1, 0.15) is 0 Å². The third-order valence-electron chi connectivity index (χ3n) is 3.39. The quantitative estimate of drug-likeness (QED) is 0.700. The lowest BCUT2D eigenvalue weighted by Gasteiger charge is -2.10. The number of nitrogens with one attached hydrogen (secondary N) is 1. The van der Waals surface area contributed by atoms with Gasteiger partial charge in [0.15, 0.2) is 18.1 Å². The number of hydrogen-bond acceptors (Lipinski definition) is 5. The van der Waals surface area contributed by atoms with Crippen LogP contribution in [0.25, 0.3) is 0 Å². The highest BCUT2D eigenvalue weighted by molar-refractivity contribution is 7.98. The predicted molar refractivity (Wildman–Crippen MR) is 98.8 cm³/mol. The number of thioether (sulfide) groups is 1. The Morgan fingerprint density at radius 2 is 1.88 bits per heavy atom. The molecule has 0 heterocycles. The van der Waals surface area contributed by atoms with Crippen molar-refractivity contribution in [2.24, 2.45) is 0 Å². The average molecular weight is 356 g/mol. The number of carbonyl (C=O) groups excluding carboxylic acids is 1. The lowest BCUT2D eigenvalue weighted by molar-refractivity contribution is -0.122. The molecule has 2 aromatic rings. The maximum atomic E-state index is 11.8. The Balaban J connectivity index is 1.65. The Bertz CT molecular complexity index is 743. The van der Waals surface area contributed by atoms with Crippen LogP contribution in [0.5, 0.6) is 11.5 Å². The van der Waals surface area contributed by atoms with Crippen LogP contribution in [0.4, 0.5) is 0 Å². The lowest BCUT2D eigenvalue weighted by atomic mass is 10.1. The van der Waals surface area contributed by atoms with Gasteiger partial charge in [-0.2, -0.15) is 17.0 Å². The summed E-state index contributed by atoms with van der Waals surface area (Å²) in [6.07, 6.45) is 0. The van der Waals surface area contributed by atoms with Crippen molar-refractivity contribution in [3.8, 4) is 17.6 Å². The van der Waals surface area contributed by atoms with E-state index in [1.165, 1.54) is 0 Å². The van der Waals surface area contributed by atoms with Gasteiger partial charge in [0, 0.05) is 18.1 Å². The van der Waals surface area contributed by atoms with Crippen molar-refractivity contribution in [2.75, 3.05) is 26.0 Å². The summed E-state index contributed by atoms with van der Waals surface area (Å²) in [6, 6.07) is 16.9. The molecule has 0 atom stereocenters. The Labute approximate surface area is 151 Å². The Morgan fingerprint density at radius 3 is 2.64 bits per heavy atom. The first-order valence-corrected chi connectivity index (χ1v) is 8.98. The van der Waals surface area contributed by atoms with Crippen molar-refractivity contribution in [1.29, 1.82) is 5.26 Å². The summed E-state index contributed by atoms with van der Waals surface area (Å²) in [4.78, 5) is 11.8. The molecule has 2 rings (SSSR count). The first kappa shape index (κ1) is 18.7. The molecule has 0 aliphatic heterocycles. The van der Waals surface area contributed by atoms with Crippen LogP contribution in [0.15, 0.2) is 48.5 Å². The van der Waals surface area contributed by atoms with Crippen LogP contribution in [0.2, 0.25) is 0 Å². The molecular formula is C19H20N2O3S. The van der Waals surface area contributed by atoms with Gasteiger partial charge < -0.3 is 14.8 Å². The highest BCUT2D eigenvalue weighted by atomic mass is 32.2. The van der Waals surface area contributed by atoms with Crippen LogP contribution in [-0.4, -0.2) is 31.9 Å². The zero-order valence-corrected chi connectivity index (χ0v) is 14.8. The topological polar surface area (TPSA) is 71.3 Å². The second-order valence-corrected chi connectivity index (χ2v) is 6.22. The minimum absolute atomic E-state index is 0.0533. The van der Waals surface area contributed by atoms with Gasteiger partial charge in [-0.3, -0.25) is 4.79 Å². The minimum atomic E-state index is -0.177. The highest BCUT2D eigenvalue weighted by Crippen LogP contribution is 2.25. The van der Waals surface area contributed by atoms with Crippen LogP contribution >= 0.6 is 11.8 Å². The molecule has 6 heteroatoms. The third kappa shape index (κ3) is 6.05. The summed E-state index contributed by atoms with van der Waals surface area (Å²) in [5, 5.41) is 11.9. The first-order chi connectivity index (χ1) is 12.2. The van der Waals surface area contributed by atoms with E-state index in [-0.39, 0.29) is 12.5 Å². The number of amides is 1. The number of carbonyl (C=O) groups is 1. The fourth-order valence-corrected chi connectivity index (χ4v) is 2.99. The molecule has 0 fully saturated rings. The third-order valence-corrected chi connectivity index (χ3v) is 4.40. The molecule has 2 aromatic carbocycles. The van der Waals surface area contributed by atoms with E-state index in [0.717, 1.165) is 17.1 Å². The second kappa shape index (κ2) is 10.3. The van der Waals surface area contributed by atoms with Crippen molar-refractivity contribution in [3.63, 3.8) is 0 Å². The van der Waals surface area contributed by atoms with E-state index in [9.17, 15) is 4.79 Å². The van der Waals surface area contributed by atoms with Crippen LogP contribution < -0.4 is 14.8 Å². The van der Waals surface area contributed by atoms with Crippen molar-refractivity contribution in [1.82, 2.24) is 5.32 Å². The molecule has 0 spiro atoms. The second-order valence-electron chi connectivity index (χ2n) is 5.11. The van der Waals surface area contributed by atoms with Gasteiger partial charge in [-0.15, -0.1) is 0 Å². The Morgan fingerprint density at radius 1 is 1.16 bits per heavy atom. The molecule has 130 valence electrons. The largest absolute Gasteiger partial charge is 0.493 e.